The molecule has 0 saturated carbocycles. The van der Waals surface area contributed by atoms with E-state index in [0.29, 0.717) is 5.69 Å². The molecule has 19 heavy (non-hydrogen) atoms. The normalized spacial score (nSPS) is 11.9. The molecule has 0 radical (unpaired) electrons. The Labute approximate surface area is 107 Å². The standard InChI is InChI=1S/C11H10N6O2/c12-11(16-17(18)19)15-13-7-9-6-5-8-3-1-2-4-10(8)14-9/h1-7H,(H3,12,15,16)/b13-7+. The van der Waals surface area contributed by atoms with Crippen molar-refractivity contribution in [1.29, 1.82) is 0 Å². The van der Waals surface area contributed by atoms with E-state index in [-0.39, 0.29) is 0 Å². The number of fused-ring (bicyclic) bond motifs is 1. The number of nitrogens with zero attached hydrogens (tertiary/aromatic N) is 4. The van der Waals surface area contributed by atoms with Crippen molar-refractivity contribution in [3.63, 3.8) is 0 Å². The Hall–Kier alpha value is -3.03. The molecular weight excluding hydrogens is 248 g/mol. The summed E-state index contributed by atoms with van der Waals surface area (Å²) >= 11 is 0. The number of nitrogens with one attached hydrogen (secondary N) is 1. The van der Waals surface area contributed by atoms with Gasteiger partial charge in [0.2, 0.25) is 0 Å². The molecule has 3 N–H and O–H groups in total. The molecule has 0 bridgehead atoms. The van der Waals surface area contributed by atoms with Gasteiger partial charge in [0.15, 0.2) is 5.03 Å². The fraction of sp³-hybridized carbons (Fsp3) is 0. The molecule has 2 rings (SSSR count). The number of para-hydroxylation sites is 1. The first kappa shape index (κ1) is 12.4. The second-order valence-corrected chi connectivity index (χ2v) is 3.53. The average molecular weight is 258 g/mol. The number of hydrazine groups is 1. The minimum Gasteiger partial charge on any atom is -0.364 e. The number of rotatable bonds is 3. The van der Waals surface area contributed by atoms with E-state index in [9.17, 15) is 10.1 Å². The summed E-state index contributed by atoms with van der Waals surface area (Å²) in [5.74, 6) is -0.401. The summed E-state index contributed by atoms with van der Waals surface area (Å²) in [6, 6.07) is 11.3. The molecule has 8 nitrogen and oxygen atoms in total. The van der Waals surface area contributed by atoms with Crippen LogP contribution in [0.25, 0.3) is 10.9 Å². The molecule has 0 amide bonds. The molecule has 0 aliphatic rings. The molecule has 0 saturated heterocycles. The topological polar surface area (TPSA) is 119 Å². The third-order valence-electron chi connectivity index (χ3n) is 2.18. The Bertz CT molecular complexity index is 667. The van der Waals surface area contributed by atoms with Gasteiger partial charge in [0.25, 0.3) is 5.96 Å². The van der Waals surface area contributed by atoms with Crippen LogP contribution in [0.3, 0.4) is 0 Å². The van der Waals surface area contributed by atoms with Crippen molar-refractivity contribution in [2.24, 2.45) is 15.9 Å². The molecule has 0 aliphatic heterocycles. The number of nitrogens with two attached hydrogens (primary N) is 1. The third-order valence-corrected chi connectivity index (χ3v) is 2.18. The molecule has 96 valence electrons. The molecule has 0 atom stereocenters. The Morgan fingerprint density at radius 2 is 2.16 bits per heavy atom. The Balaban J connectivity index is 2.15. The van der Waals surface area contributed by atoms with E-state index < -0.39 is 11.0 Å². The smallest absolute Gasteiger partial charge is 0.275 e. The van der Waals surface area contributed by atoms with E-state index in [1.54, 1.807) is 11.5 Å². The van der Waals surface area contributed by atoms with Gasteiger partial charge >= 0.3 is 0 Å². The molecule has 0 unspecified atom stereocenters. The van der Waals surface area contributed by atoms with Crippen LogP contribution >= 0.6 is 0 Å². The number of hydrogen-bond acceptors (Lipinski definition) is 5. The lowest BCUT2D eigenvalue weighted by atomic mass is 10.2. The molecule has 1 aromatic carbocycles. The largest absolute Gasteiger partial charge is 0.364 e. The van der Waals surface area contributed by atoms with Gasteiger partial charge in [-0.2, -0.15) is 5.10 Å². The quantitative estimate of drug-likeness (QED) is 0.363. The van der Waals surface area contributed by atoms with Gasteiger partial charge in [-0.15, -0.1) is 5.10 Å². The first-order valence-corrected chi connectivity index (χ1v) is 5.28. The van der Waals surface area contributed by atoms with E-state index in [0.717, 1.165) is 10.9 Å². The maximum Gasteiger partial charge on any atom is 0.275 e. The van der Waals surface area contributed by atoms with Crippen LogP contribution in [0.1, 0.15) is 5.69 Å². The van der Waals surface area contributed by atoms with Crippen LogP contribution in [-0.2, 0) is 0 Å². The number of hydrogen-bond donors (Lipinski definition) is 2. The van der Waals surface area contributed by atoms with Crippen molar-refractivity contribution in [3.8, 4) is 0 Å². The minimum absolute atomic E-state index is 0.401. The lowest BCUT2D eigenvalue weighted by Crippen LogP contribution is -2.35. The van der Waals surface area contributed by atoms with Crippen molar-refractivity contribution in [2.75, 3.05) is 0 Å². The Kier molecular flexibility index (Phi) is 3.62. The molecular formula is C11H10N6O2. The highest BCUT2D eigenvalue weighted by Crippen LogP contribution is 2.10. The van der Waals surface area contributed by atoms with Crippen LogP contribution in [0.2, 0.25) is 0 Å². The SMILES string of the molecule is NC(=N/N=C/c1ccc2ccccc2n1)N[N+](=O)[O-]. The molecule has 8 heteroatoms. The summed E-state index contributed by atoms with van der Waals surface area (Å²) in [7, 11) is 0. The molecule has 1 heterocycles. The lowest BCUT2D eigenvalue weighted by Gasteiger charge is -1.97. The number of guanidine groups is 1. The summed E-state index contributed by atoms with van der Waals surface area (Å²) < 4.78 is 0. The Morgan fingerprint density at radius 1 is 1.37 bits per heavy atom. The zero-order valence-electron chi connectivity index (χ0n) is 9.72. The first-order valence-electron chi connectivity index (χ1n) is 5.28. The van der Waals surface area contributed by atoms with Crippen LogP contribution in [0.15, 0.2) is 46.6 Å². The van der Waals surface area contributed by atoms with Crippen LogP contribution in [0.5, 0.6) is 0 Å². The molecule has 0 spiro atoms. The van der Waals surface area contributed by atoms with Gasteiger partial charge in [0.1, 0.15) is 0 Å². The lowest BCUT2D eigenvalue weighted by molar-refractivity contribution is -0.525. The summed E-state index contributed by atoms with van der Waals surface area (Å²) in [5, 5.41) is 17.3. The van der Waals surface area contributed by atoms with Crippen LogP contribution < -0.4 is 11.2 Å². The second-order valence-electron chi connectivity index (χ2n) is 3.53. The van der Waals surface area contributed by atoms with Crippen LogP contribution in [-0.4, -0.2) is 22.2 Å². The summed E-state index contributed by atoms with van der Waals surface area (Å²) in [6.07, 6.45) is 1.36. The van der Waals surface area contributed by atoms with Gasteiger partial charge in [0.05, 0.1) is 17.4 Å². The van der Waals surface area contributed by atoms with Crippen molar-refractivity contribution in [3.05, 3.63) is 52.2 Å². The van der Waals surface area contributed by atoms with Gasteiger partial charge in [-0.05, 0) is 12.1 Å². The zero-order valence-corrected chi connectivity index (χ0v) is 9.72. The van der Waals surface area contributed by atoms with Gasteiger partial charge < -0.3 is 5.73 Å². The average Bonchev–Trinajstić information content (AvgIpc) is 2.37. The van der Waals surface area contributed by atoms with Crippen molar-refractivity contribution >= 4 is 23.1 Å². The predicted octanol–water partition coefficient (Wildman–Crippen LogP) is 0.665. The molecule has 0 aliphatic carbocycles. The maximum absolute atomic E-state index is 10.1. The van der Waals surface area contributed by atoms with Crippen molar-refractivity contribution in [1.82, 2.24) is 10.4 Å². The van der Waals surface area contributed by atoms with Gasteiger partial charge in [-0.25, -0.2) is 15.1 Å². The van der Waals surface area contributed by atoms with E-state index in [4.69, 9.17) is 5.73 Å². The number of aromatic nitrogens is 1. The molecule has 2 aromatic rings. The van der Waals surface area contributed by atoms with Crippen LogP contribution in [0, 0.1) is 10.1 Å². The number of pyridine rings is 1. The second kappa shape index (κ2) is 5.54. The third kappa shape index (κ3) is 3.46. The van der Waals surface area contributed by atoms with E-state index in [2.05, 4.69) is 15.2 Å². The van der Waals surface area contributed by atoms with E-state index in [1.807, 2.05) is 30.3 Å². The first-order chi connectivity index (χ1) is 9.15. The highest BCUT2D eigenvalue weighted by atomic mass is 16.7. The van der Waals surface area contributed by atoms with Gasteiger partial charge in [0, 0.05) is 5.39 Å². The highest BCUT2D eigenvalue weighted by Gasteiger charge is 1.97. The fourth-order valence-corrected chi connectivity index (χ4v) is 1.42. The monoisotopic (exact) mass is 258 g/mol. The number of nitro groups is 1. The predicted molar refractivity (Wildman–Crippen MR) is 71.1 cm³/mol. The van der Waals surface area contributed by atoms with E-state index in [1.165, 1.54) is 6.21 Å². The van der Waals surface area contributed by atoms with Crippen LogP contribution in [0.4, 0.5) is 0 Å². The Morgan fingerprint density at radius 3 is 2.95 bits per heavy atom. The zero-order chi connectivity index (χ0) is 13.7. The van der Waals surface area contributed by atoms with E-state index >= 15 is 0 Å². The minimum atomic E-state index is -0.817. The molecule has 1 aromatic heterocycles. The summed E-state index contributed by atoms with van der Waals surface area (Å²) in [6.45, 7) is 0. The van der Waals surface area contributed by atoms with Crippen molar-refractivity contribution < 1.29 is 5.03 Å². The maximum atomic E-state index is 10.1. The number of benzene rings is 1. The van der Waals surface area contributed by atoms with Gasteiger partial charge in [-0.1, -0.05) is 29.7 Å². The summed E-state index contributed by atoms with van der Waals surface area (Å²) in [4.78, 5) is 14.4. The van der Waals surface area contributed by atoms with Gasteiger partial charge in [-0.3, -0.25) is 0 Å². The molecule has 0 fully saturated rings. The van der Waals surface area contributed by atoms with Crippen molar-refractivity contribution in [2.45, 2.75) is 0 Å². The summed E-state index contributed by atoms with van der Waals surface area (Å²) in [5.41, 5.74) is 8.27. The fourth-order valence-electron chi connectivity index (χ4n) is 1.42. The highest BCUT2D eigenvalue weighted by molar-refractivity contribution is 5.85.